The Morgan fingerprint density at radius 1 is 1.29 bits per heavy atom. The number of aryl methyl sites for hydroxylation is 1. The lowest BCUT2D eigenvalue weighted by Gasteiger charge is -2.00. The Labute approximate surface area is 99.0 Å². The third kappa shape index (κ3) is 4.22. The lowest BCUT2D eigenvalue weighted by molar-refractivity contribution is -0.118. The Balaban J connectivity index is 2.31. The van der Waals surface area contributed by atoms with E-state index in [1.807, 2.05) is 6.92 Å². The van der Waals surface area contributed by atoms with Gasteiger partial charge in [-0.05, 0) is 53.1 Å². The number of hydrogen-bond acceptors (Lipinski definition) is 1. The molecule has 2 heteroatoms. The summed E-state index contributed by atoms with van der Waals surface area (Å²) in [5, 5.41) is 0. The van der Waals surface area contributed by atoms with Crippen molar-refractivity contribution in [2.45, 2.75) is 32.6 Å². The number of rotatable bonds is 5. The molecule has 0 saturated heterocycles. The minimum Gasteiger partial charge on any atom is -0.300 e. The molecule has 0 spiro atoms. The van der Waals surface area contributed by atoms with Crippen molar-refractivity contribution in [2.24, 2.45) is 0 Å². The fraction of sp³-hybridized carbons (Fsp3) is 0.417. The van der Waals surface area contributed by atoms with Crippen LogP contribution in [0.4, 0.5) is 0 Å². The summed E-state index contributed by atoms with van der Waals surface area (Å²) in [6.45, 7) is 1.92. The highest BCUT2D eigenvalue weighted by molar-refractivity contribution is 14.1. The zero-order valence-electron chi connectivity index (χ0n) is 8.42. The van der Waals surface area contributed by atoms with Crippen LogP contribution in [-0.4, -0.2) is 5.78 Å². The first-order chi connectivity index (χ1) is 6.72. The van der Waals surface area contributed by atoms with E-state index in [1.165, 1.54) is 9.13 Å². The Bertz CT molecular complexity index is 290. The molecule has 0 fully saturated rings. The van der Waals surface area contributed by atoms with E-state index in [1.54, 1.807) is 0 Å². The smallest absolute Gasteiger partial charge is 0.132 e. The van der Waals surface area contributed by atoms with Crippen molar-refractivity contribution in [2.75, 3.05) is 0 Å². The Hall–Kier alpha value is -0.380. The fourth-order valence-corrected chi connectivity index (χ4v) is 1.68. The van der Waals surface area contributed by atoms with Gasteiger partial charge < -0.3 is 0 Å². The van der Waals surface area contributed by atoms with Crippen molar-refractivity contribution in [3.05, 3.63) is 33.4 Å². The summed E-state index contributed by atoms with van der Waals surface area (Å²) >= 11 is 2.30. The van der Waals surface area contributed by atoms with E-state index in [2.05, 4.69) is 46.9 Å². The van der Waals surface area contributed by atoms with Crippen LogP contribution >= 0.6 is 22.6 Å². The summed E-state index contributed by atoms with van der Waals surface area (Å²) < 4.78 is 1.26. The molecule has 0 aliphatic carbocycles. The highest BCUT2D eigenvalue weighted by Crippen LogP contribution is 2.09. The van der Waals surface area contributed by atoms with Crippen LogP contribution < -0.4 is 0 Å². The highest BCUT2D eigenvalue weighted by Gasteiger charge is 1.98. The zero-order valence-corrected chi connectivity index (χ0v) is 10.6. The van der Waals surface area contributed by atoms with Crippen LogP contribution in [0.1, 0.15) is 31.7 Å². The second-order valence-electron chi connectivity index (χ2n) is 3.37. The Morgan fingerprint density at radius 3 is 2.50 bits per heavy atom. The minimum absolute atomic E-state index is 0.371. The summed E-state index contributed by atoms with van der Waals surface area (Å²) in [6, 6.07) is 8.49. The normalized spacial score (nSPS) is 10.1. The SMILES string of the molecule is CCC(=O)CCCc1ccc(I)cc1. The summed E-state index contributed by atoms with van der Waals surface area (Å²) in [7, 11) is 0. The zero-order chi connectivity index (χ0) is 10.4. The van der Waals surface area contributed by atoms with E-state index in [4.69, 9.17) is 0 Å². The number of Topliss-reactive ketones (excluding diaryl/α,β-unsaturated/α-hetero) is 1. The average Bonchev–Trinajstić information content (AvgIpc) is 2.21. The van der Waals surface area contributed by atoms with Crippen molar-refractivity contribution in [1.29, 1.82) is 0 Å². The van der Waals surface area contributed by atoms with Crippen molar-refractivity contribution in [1.82, 2.24) is 0 Å². The van der Waals surface area contributed by atoms with Crippen LogP contribution in [0.25, 0.3) is 0 Å². The van der Waals surface area contributed by atoms with E-state index in [0.717, 1.165) is 19.3 Å². The number of carbonyl (C=O) groups excluding carboxylic acids is 1. The van der Waals surface area contributed by atoms with Crippen LogP contribution in [-0.2, 0) is 11.2 Å². The van der Waals surface area contributed by atoms with Gasteiger partial charge in [0.2, 0.25) is 0 Å². The summed E-state index contributed by atoms with van der Waals surface area (Å²) in [6.07, 6.45) is 3.39. The van der Waals surface area contributed by atoms with Gasteiger partial charge in [-0.1, -0.05) is 19.1 Å². The van der Waals surface area contributed by atoms with Crippen molar-refractivity contribution in [3.8, 4) is 0 Å². The van der Waals surface area contributed by atoms with Gasteiger partial charge in [0, 0.05) is 16.4 Å². The van der Waals surface area contributed by atoms with Crippen LogP contribution in [0.5, 0.6) is 0 Å². The van der Waals surface area contributed by atoms with Gasteiger partial charge in [-0.15, -0.1) is 0 Å². The van der Waals surface area contributed by atoms with E-state index in [0.29, 0.717) is 12.2 Å². The molecule has 0 N–H and O–H groups in total. The maximum Gasteiger partial charge on any atom is 0.132 e. The number of ketones is 1. The van der Waals surface area contributed by atoms with Gasteiger partial charge in [0.25, 0.3) is 0 Å². The molecule has 0 aliphatic rings. The molecule has 0 radical (unpaired) electrons. The monoisotopic (exact) mass is 302 g/mol. The molecule has 14 heavy (non-hydrogen) atoms. The standard InChI is InChI=1S/C12H15IO/c1-2-12(14)5-3-4-10-6-8-11(13)9-7-10/h6-9H,2-5H2,1H3. The van der Waals surface area contributed by atoms with E-state index in [9.17, 15) is 4.79 Å². The Morgan fingerprint density at radius 2 is 1.93 bits per heavy atom. The van der Waals surface area contributed by atoms with Gasteiger partial charge in [0.1, 0.15) is 5.78 Å². The molecule has 0 aromatic heterocycles. The van der Waals surface area contributed by atoms with E-state index in [-0.39, 0.29) is 0 Å². The number of carbonyl (C=O) groups is 1. The van der Waals surface area contributed by atoms with E-state index < -0.39 is 0 Å². The molecule has 0 saturated carbocycles. The quantitative estimate of drug-likeness (QED) is 0.760. The molecule has 0 aliphatic heterocycles. The largest absolute Gasteiger partial charge is 0.300 e. The van der Waals surface area contributed by atoms with Gasteiger partial charge in [0.15, 0.2) is 0 Å². The van der Waals surface area contributed by atoms with Gasteiger partial charge in [-0.2, -0.15) is 0 Å². The van der Waals surface area contributed by atoms with Crippen LogP contribution in [0, 0.1) is 3.57 Å². The predicted molar refractivity (Wildman–Crippen MR) is 67.4 cm³/mol. The van der Waals surface area contributed by atoms with Gasteiger partial charge in [-0.3, -0.25) is 4.79 Å². The molecule has 0 bridgehead atoms. The van der Waals surface area contributed by atoms with Gasteiger partial charge in [0.05, 0.1) is 0 Å². The highest BCUT2D eigenvalue weighted by atomic mass is 127. The van der Waals surface area contributed by atoms with Crippen molar-refractivity contribution < 1.29 is 4.79 Å². The summed E-state index contributed by atoms with van der Waals surface area (Å²) in [5.74, 6) is 0.371. The molecule has 0 heterocycles. The van der Waals surface area contributed by atoms with Gasteiger partial charge >= 0.3 is 0 Å². The second kappa shape index (κ2) is 6.17. The number of benzene rings is 1. The molecule has 0 amide bonds. The summed E-state index contributed by atoms with van der Waals surface area (Å²) in [4.78, 5) is 11.1. The fourth-order valence-electron chi connectivity index (χ4n) is 1.32. The molecule has 1 nitrogen and oxygen atoms in total. The maximum atomic E-state index is 11.1. The molecular formula is C12H15IO. The molecule has 0 unspecified atom stereocenters. The van der Waals surface area contributed by atoms with Gasteiger partial charge in [-0.25, -0.2) is 0 Å². The maximum absolute atomic E-state index is 11.1. The molecule has 1 rings (SSSR count). The lowest BCUT2D eigenvalue weighted by atomic mass is 10.1. The molecule has 1 aromatic rings. The molecule has 76 valence electrons. The molecule has 0 atom stereocenters. The second-order valence-corrected chi connectivity index (χ2v) is 4.62. The van der Waals surface area contributed by atoms with Crippen LogP contribution in [0.3, 0.4) is 0 Å². The van der Waals surface area contributed by atoms with Crippen molar-refractivity contribution >= 4 is 28.4 Å². The number of halogens is 1. The first-order valence-corrected chi connectivity index (χ1v) is 6.06. The summed E-state index contributed by atoms with van der Waals surface area (Å²) in [5.41, 5.74) is 1.33. The molecule has 1 aromatic carbocycles. The number of hydrogen-bond donors (Lipinski definition) is 0. The van der Waals surface area contributed by atoms with E-state index >= 15 is 0 Å². The Kier molecular flexibility index (Phi) is 5.15. The van der Waals surface area contributed by atoms with Crippen molar-refractivity contribution in [3.63, 3.8) is 0 Å². The molecular weight excluding hydrogens is 287 g/mol. The first-order valence-electron chi connectivity index (χ1n) is 4.98. The average molecular weight is 302 g/mol. The van der Waals surface area contributed by atoms with Crippen LogP contribution in [0.15, 0.2) is 24.3 Å². The topological polar surface area (TPSA) is 17.1 Å². The third-order valence-corrected chi connectivity index (χ3v) is 2.95. The minimum atomic E-state index is 0.371. The third-order valence-electron chi connectivity index (χ3n) is 2.23. The first kappa shape index (κ1) is 11.7. The predicted octanol–water partition coefficient (Wildman–Crippen LogP) is 3.59. The van der Waals surface area contributed by atoms with Crippen LogP contribution in [0.2, 0.25) is 0 Å². The lowest BCUT2D eigenvalue weighted by Crippen LogP contribution is -1.96.